The van der Waals surface area contributed by atoms with Gasteiger partial charge in [0.05, 0.1) is 0 Å². The second-order valence-corrected chi connectivity index (χ2v) is 4.33. The maximum absolute atomic E-state index is 8.29. The van der Waals surface area contributed by atoms with E-state index < -0.39 is 0 Å². The molecule has 0 unspecified atom stereocenters. The van der Waals surface area contributed by atoms with E-state index in [1.54, 1.807) is 0 Å². The Morgan fingerprint density at radius 1 is 1.20 bits per heavy atom. The molecule has 0 amide bonds. The van der Waals surface area contributed by atoms with Crippen LogP contribution in [0.3, 0.4) is 0 Å². The average Bonchev–Trinajstić information content (AvgIpc) is 2.20. The second kappa shape index (κ2) is 5.88. The molecule has 1 heterocycles. The smallest absolute Gasteiger partial charge is 0.164 e. The third-order valence-corrected chi connectivity index (χ3v) is 3.09. The summed E-state index contributed by atoms with van der Waals surface area (Å²) < 4.78 is 5.14. The highest BCUT2D eigenvalue weighted by atomic mass is 35.5. The number of rotatable bonds is 3. The molecule has 0 fully saturated rings. The first-order valence-electron chi connectivity index (χ1n) is 3.41. The van der Waals surface area contributed by atoms with Crippen LogP contribution in [0.2, 0.25) is 20.4 Å². The fourth-order valence-corrected chi connectivity index (χ4v) is 1.75. The molecule has 0 aliphatic carbocycles. The van der Waals surface area contributed by atoms with E-state index in [9.17, 15) is 0 Å². The minimum Gasteiger partial charge on any atom is -0.479 e. The van der Waals surface area contributed by atoms with Gasteiger partial charge >= 0.3 is 0 Å². The zero-order valence-corrected chi connectivity index (χ0v) is 10.8. The Morgan fingerprint density at radius 2 is 1.73 bits per heavy atom. The van der Waals surface area contributed by atoms with Crippen molar-refractivity contribution < 1.29 is 4.74 Å². The molecule has 1 rings (SSSR count). The van der Waals surface area contributed by atoms with Crippen molar-refractivity contribution in [2.75, 3.05) is 5.94 Å². The number of ether oxygens (including phenoxy) is 1. The molecule has 0 saturated carbocycles. The quantitative estimate of drug-likeness (QED) is 0.362. The summed E-state index contributed by atoms with van der Waals surface area (Å²) in [6.07, 6.45) is 0. The largest absolute Gasteiger partial charge is 0.479 e. The van der Waals surface area contributed by atoms with Gasteiger partial charge in [-0.05, 0) is 11.8 Å². The Morgan fingerprint density at radius 3 is 2.20 bits per heavy atom. The van der Waals surface area contributed by atoms with Crippen LogP contribution in [0.4, 0.5) is 0 Å². The number of aromatic nitrogens is 1. The molecule has 3 nitrogen and oxygen atoms in total. The Hall–Kier alpha value is -0.0500. The molecule has 0 aromatic carbocycles. The van der Waals surface area contributed by atoms with Crippen molar-refractivity contribution in [3.8, 4) is 11.2 Å². The predicted octanol–water partition coefficient (Wildman–Crippen LogP) is 4.25. The number of nitrogens with zero attached hydrogens (tertiary/aromatic N) is 2. The van der Waals surface area contributed by atoms with E-state index in [2.05, 4.69) is 4.98 Å². The lowest BCUT2D eigenvalue weighted by molar-refractivity contribution is 0.394. The first-order valence-corrected chi connectivity index (χ1v) is 5.91. The van der Waals surface area contributed by atoms with Crippen molar-refractivity contribution in [3.05, 3.63) is 20.4 Å². The molecule has 0 bridgehead atoms. The van der Waals surface area contributed by atoms with E-state index in [0.29, 0.717) is 0 Å². The van der Waals surface area contributed by atoms with Gasteiger partial charge in [0.25, 0.3) is 0 Å². The van der Waals surface area contributed by atoms with Crippen molar-refractivity contribution in [2.45, 2.75) is 0 Å². The molecule has 0 spiro atoms. The topological polar surface area (TPSA) is 45.9 Å². The van der Waals surface area contributed by atoms with E-state index in [1.807, 2.05) is 5.40 Å². The molecule has 0 aliphatic rings. The summed E-state index contributed by atoms with van der Waals surface area (Å²) in [5.41, 5.74) is 0. The lowest BCUT2D eigenvalue weighted by atomic mass is 10.4. The van der Waals surface area contributed by atoms with Crippen LogP contribution in [-0.4, -0.2) is 10.9 Å². The Balaban J connectivity index is 3.00. The van der Waals surface area contributed by atoms with Crippen LogP contribution in [0, 0.1) is 10.7 Å². The van der Waals surface area contributed by atoms with Crippen LogP contribution in [0.15, 0.2) is 0 Å². The normalized spacial score (nSPS) is 9.80. The van der Waals surface area contributed by atoms with Crippen molar-refractivity contribution in [1.29, 1.82) is 5.26 Å². The molecule has 80 valence electrons. The zero-order valence-electron chi connectivity index (χ0n) is 6.93. The van der Waals surface area contributed by atoms with E-state index in [1.165, 1.54) is 0 Å². The van der Waals surface area contributed by atoms with E-state index >= 15 is 0 Å². The van der Waals surface area contributed by atoms with E-state index in [-0.39, 0.29) is 32.0 Å². The minimum absolute atomic E-state index is 0.00280. The molecule has 0 N–H and O–H groups in total. The number of nitriles is 1. The molecule has 8 heteroatoms. The maximum atomic E-state index is 8.29. The molecular formula is C7H2Cl4N2OS. The van der Waals surface area contributed by atoms with Gasteiger partial charge in [-0.3, -0.25) is 0 Å². The zero-order chi connectivity index (χ0) is 11.4. The lowest BCUT2D eigenvalue weighted by Crippen LogP contribution is -1.95. The summed E-state index contributed by atoms with van der Waals surface area (Å²) in [4.78, 5) is 3.68. The fraction of sp³-hybridized carbons (Fsp3) is 0.143. The third kappa shape index (κ3) is 3.20. The van der Waals surface area contributed by atoms with E-state index in [4.69, 9.17) is 56.4 Å². The Bertz CT molecular complexity index is 394. The van der Waals surface area contributed by atoms with Gasteiger partial charge in [-0.15, -0.1) is 0 Å². The Labute approximate surface area is 110 Å². The van der Waals surface area contributed by atoms with Crippen molar-refractivity contribution >= 4 is 58.2 Å². The molecule has 0 saturated heterocycles. The minimum atomic E-state index is 0.00280. The van der Waals surface area contributed by atoms with Gasteiger partial charge in [0.2, 0.25) is 0 Å². The van der Waals surface area contributed by atoms with Crippen LogP contribution in [-0.2, 0) is 0 Å². The molecule has 1 aromatic heterocycles. The highest BCUT2D eigenvalue weighted by Crippen LogP contribution is 2.40. The summed E-state index contributed by atoms with van der Waals surface area (Å²) in [5.74, 6) is 0.207. The van der Waals surface area contributed by atoms with E-state index in [0.717, 1.165) is 11.8 Å². The van der Waals surface area contributed by atoms with Crippen molar-refractivity contribution in [1.82, 2.24) is 4.98 Å². The number of hydrogen-bond donors (Lipinski definition) is 0. The molecule has 0 radical (unpaired) electrons. The predicted molar refractivity (Wildman–Crippen MR) is 63.0 cm³/mol. The fourth-order valence-electron chi connectivity index (χ4n) is 0.710. The summed E-state index contributed by atoms with van der Waals surface area (Å²) in [7, 11) is 0. The Kier molecular flexibility index (Phi) is 5.10. The van der Waals surface area contributed by atoms with Gasteiger partial charge in [-0.2, -0.15) is 5.26 Å². The summed E-state index contributed by atoms with van der Waals surface area (Å²) in [5, 5.41) is 10.3. The van der Waals surface area contributed by atoms with Gasteiger partial charge in [-0.25, -0.2) is 4.98 Å². The van der Waals surface area contributed by atoms with Crippen LogP contribution in [0.5, 0.6) is 5.75 Å². The van der Waals surface area contributed by atoms with Crippen molar-refractivity contribution in [2.24, 2.45) is 0 Å². The number of thioether (sulfide) groups is 1. The van der Waals surface area contributed by atoms with Gasteiger partial charge in [-0.1, -0.05) is 46.4 Å². The monoisotopic (exact) mass is 302 g/mol. The van der Waals surface area contributed by atoms with Gasteiger partial charge < -0.3 is 4.74 Å². The number of hydrogen-bond acceptors (Lipinski definition) is 4. The average molecular weight is 304 g/mol. The van der Waals surface area contributed by atoms with Crippen molar-refractivity contribution in [3.63, 3.8) is 0 Å². The SMILES string of the molecule is N#CSCOc1c(Cl)c(Cl)nc(Cl)c1Cl. The second-order valence-electron chi connectivity index (χ2n) is 2.15. The molecule has 15 heavy (non-hydrogen) atoms. The maximum Gasteiger partial charge on any atom is 0.164 e. The first-order chi connectivity index (χ1) is 7.07. The number of halogens is 4. The number of thiocyanates is 1. The summed E-state index contributed by atoms with van der Waals surface area (Å²) in [6.45, 7) is 0. The molecule has 1 aromatic rings. The third-order valence-electron chi connectivity index (χ3n) is 1.28. The summed E-state index contributed by atoms with van der Waals surface area (Å²) in [6, 6.07) is 0. The molecule has 0 aliphatic heterocycles. The first kappa shape index (κ1) is 13.0. The van der Waals surface area contributed by atoms with Crippen LogP contribution >= 0.6 is 58.2 Å². The molecular weight excluding hydrogens is 302 g/mol. The van der Waals surface area contributed by atoms with Crippen LogP contribution < -0.4 is 4.74 Å². The van der Waals surface area contributed by atoms with Gasteiger partial charge in [0.1, 0.15) is 21.4 Å². The lowest BCUT2D eigenvalue weighted by Gasteiger charge is -2.09. The van der Waals surface area contributed by atoms with Gasteiger partial charge in [0, 0.05) is 0 Å². The molecule has 0 atom stereocenters. The van der Waals surface area contributed by atoms with Crippen LogP contribution in [0.25, 0.3) is 0 Å². The highest BCUT2D eigenvalue weighted by molar-refractivity contribution is 8.03. The highest BCUT2D eigenvalue weighted by Gasteiger charge is 2.16. The van der Waals surface area contributed by atoms with Gasteiger partial charge in [0.15, 0.2) is 16.1 Å². The standard InChI is InChI=1S/C7H2Cl4N2OS/c8-3-5(14-2-15-1-12)4(9)7(11)13-6(3)10/h2H2. The summed E-state index contributed by atoms with van der Waals surface area (Å²) >= 11 is 23.8. The van der Waals surface area contributed by atoms with Crippen LogP contribution in [0.1, 0.15) is 0 Å². The number of pyridine rings is 1.